The highest BCUT2D eigenvalue weighted by Crippen LogP contribution is 2.27. The van der Waals surface area contributed by atoms with E-state index in [0.29, 0.717) is 19.0 Å². The molecule has 0 saturated carbocycles. The van der Waals surface area contributed by atoms with Gasteiger partial charge in [-0.05, 0) is 43.8 Å². The van der Waals surface area contributed by atoms with Gasteiger partial charge in [-0.2, -0.15) is 0 Å². The van der Waals surface area contributed by atoms with E-state index in [-0.39, 0.29) is 5.91 Å². The van der Waals surface area contributed by atoms with E-state index in [9.17, 15) is 4.79 Å². The van der Waals surface area contributed by atoms with Crippen LogP contribution in [0.4, 0.5) is 0 Å². The zero-order valence-corrected chi connectivity index (χ0v) is 14.0. The van der Waals surface area contributed by atoms with Crippen molar-refractivity contribution in [1.82, 2.24) is 25.2 Å². The predicted molar refractivity (Wildman–Crippen MR) is 92.5 cm³/mol. The van der Waals surface area contributed by atoms with Crippen LogP contribution in [0.3, 0.4) is 0 Å². The number of likely N-dealkylation sites (tertiary alicyclic amines) is 1. The van der Waals surface area contributed by atoms with Gasteiger partial charge in [0.15, 0.2) is 0 Å². The summed E-state index contributed by atoms with van der Waals surface area (Å²) in [6, 6.07) is 10.7. The molecule has 24 heavy (non-hydrogen) atoms. The van der Waals surface area contributed by atoms with Gasteiger partial charge >= 0.3 is 0 Å². The largest absolute Gasteiger partial charge is 0.355 e. The number of hydrogen-bond donors (Lipinski definition) is 1. The van der Waals surface area contributed by atoms with Crippen molar-refractivity contribution in [3.05, 3.63) is 48.3 Å². The number of rotatable bonds is 7. The molecule has 0 unspecified atom stereocenters. The van der Waals surface area contributed by atoms with Gasteiger partial charge in [0.25, 0.3) is 0 Å². The number of amides is 1. The third-order valence-electron chi connectivity index (χ3n) is 4.58. The fourth-order valence-corrected chi connectivity index (χ4v) is 3.23. The molecule has 2 aromatic rings. The minimum absolute atomic E-state index is 0.117. The van der Waals surface area contributed by atoms with Gasteiger partial charge in [0.1, 0.15) is 0 Å². The standard InChI is InChI=1S/C18H25N5O/c24-18(19-9-4-11-23-14-10-20-21-23)15-22-12-7-17(8-13-22)16-5-2-1-3-6-16/h1-3,5-6,10,14,17H,4,7-9,11-13,15H2,(H,19,24). The molecule has 0 atom stereocenters. The lowest BCUT2D eigenvalue weighted by atomic mass is 9.89. The van der Waals surface area contributed by atoms with Crippen molar-refractivity contribution in [3.63, 3.8) is 0 Å². The van der Waals surface area contributed by atoms with Crippen LogP contribution in [-0.2, 0) is 11.3 Å². The Labute approximate surface area is 142 Å². The molecule has 6 nitrogen and oxygen atoms in total. The molecule has 6 heteroatoms. The second kappa shape index (κ2) is 8.59. The average molecular weight is 327 g/mol. The SMILES string of the molecule is O=C(CN1CCC(c2ccccc2)CC1)NCCCn1ccnn1. The summed E-state index contributed by atoms with van der Waals surface area (Å²) in [5, 5.41) is 10.7. The van der Waals surface area contributed by atoms with Crippen molar-refractivity contribution in [3.8, 4) is 0 Å². The summed E-state index contributed by atoms with van der Waals surface area (Å²) in [6.45, 7) is 3.95. The van der Waals surface area contributed by atoms with Gasteiger partial charge in [-0.15, -0.1) is 5.10 Å². The molecule has 1 aromatic carbocycles. The van der Waals surface area contributed by atoms with Crippen molar-refractivity contribution in [2.24, 2.45) is 0 Å². The Balaban J connectivity index is 1.31. The van der Waals surface area contributed by atoms with Crippen LogP contribution in [0.15, 0.2) is 42.7 Å². The van der Waals surface area contributed by atoms with Crippen LogP contribution in [0.2, 0.25) is 0 Å². The van der Waals surface area contributed by atoms with E-state index in [2.05, 4.69) is 50.9 Å². The summed E-state index contributed by atoms with van der Waals surface area (Å²) >= 11 is 0. The molecule has 1 aliphatic rings. The molecule has 2 heterocycles. The van der Waals surface area contributed by atoms with Crippen LogP contribution in [0.1, 0.15) is 30.7 Å². The normalized spacial score (nSPS) is 16.2. The van der Waals surface area contributed by atoms with E-state index >= 15 is 0 Å². The van der Waals surface area contributed by atoms with Gasteiger partial charge in [0.05, 0.1) is 12.7 Å². The van der Waals surface area contributed by atoms with Crippen molar-refractivity contribution in [2.75, 3.05) is 26.2 Å². The van der Waals surface area contributed by atoms with Crippen LogP contribution >= 0.6 is 0 Å². The van der Waals surface area contributed by atoms with Crippen molar-refractivity contribution in [2.45, 2.75) is 31.7 Å². The molecule has 1 aromatic heterocycles. The van der Waals surface area contributed by atoms with E-state index in [1.165, 1.54) is 5.56 Å². The summed E-state index contributed by atoms with van der Waals surface area (Å²) in [5.41, 5.74) is 1.43. The highest BCUT2D eigenvalue weighted by molar-refractivity contribution is 5.77. The number of hydrogen-bond acceptors (Lipinski definition) is 4. The molecule has 3 rings (SSSR count). The Morgan fingerprint density at radius 2 is 2.00 bits per heavy atom. The molecule has 0 bridgehead atoms. The summed E-state index contributed by atoms with van der Waals surface area (Å²) < 4.78 is 1.78. The summed E-state index contributed by atoms with van der Waals surface area (Å²) in [4.78, 5) is 14.3. The summed E-state index contributed by atoms with van der Waals surface area (Å²) in [6.07, 6.45) is 6.62. The van der Waals surface area contributed by atoms with Crippen LogP contribution in [-0.4, -0.2) is 52.0 Å². The van der Waals surface area contributed by atoms with Crippen LogP contribution < -0.4 is 5.32 Å². The molecular formula is C18H25N5O. The summed E-state index contributed by atoms with van der Waals surface area (Å²) in [5.74, 6) is 0.750. The topological polar surface area (TPSA) is 63.1 Å². The van der Waals surface area contributed by atoms with E-state index in [0.717, 1.165) is 38.9 Å². The van der Waals surface area contributed by atoms with Crippen LogP contribution in [0.5, 0.6) is 0 Å². The maximum atomic E-state index is 12.0. The first-order chi connectivity index (χ1) is 11.8. The first-order valence-electron chi connectivity index (χ1n) is 8.69. The van der Waals surface area contributed by atoms with Gasteiger partial charge in [0, 0.05) is 19.3 Å². The van der Waals surface area contributed by atoms with E-state index in [1.807, 2.05) is 6.20 Å². The smallest absolute Gasteiger partial charge is 0.234 e. The Morgan fingerprint density at radius 3 is 2.71 bits per heavy atom. The number of aryl methyl sites for hydroxylation is 1. The summed E-state index contributed by atoms with van der Waals surface area (Å²) in [7, 11) is 0. The number of piperidine rings is 1. The monoisotopic (exact) mass is 327 g/mol. The van der Waals surface area contributed by atoms with Crippen molar-refractivity contribution >= 4 is 5.91 Å². The van der Waals surface area contributed by atoms with Gasteiger partial charge in [-0.3, -0.25) is 14.4 Å². The fourth-order valence-electron chi connectivity index (χ4n) is 3.23. The number of benzene rings is 1. The predicted octanol–water partition coefficient (Wildman–Crippen LogP) is 1.66. The molecule has 128 valence electrons. The minimum atomic E-state index is 0.117. The lowest BCUT2D eigenvalue weighted by molar-refractivity contribution is -0.122. The van der Waals surface area contributed by atoms with E-state index in [1.54, 1.807) is 10.9 Å². The maximum absolute atomic E-state index is 12.0. The van der Waals surface area contributed by atoms with E-state index < -0.39 is 0 Å². The molecule has 0 aliphatic carbocycles. The van der Waals surface area contributed by atoms with Crippen LogP contribution in [0.25, 0.3) is 0 Å². The van der Waals surface area contributed by atoms with Gasteiger partial charge in [0.2, 0.25) is 5.91 Å². The third kappa shape index (κ3) is 4.89. The van der Waals surface area contributed by atoms with Gasteiger partial charge < -0.3 is 5.32 Å². The average Bonchev–Trinajstić information content (AvgIpc) is 3.14. The number of nitrogens with zero attached hydrogens (tertiary/aromatic N) is 4. The lowest BCUT2D eigenvalue weighted by Crippen LogP contribution is -2.41. The highest BCUT2D eigenvalue weighted by atomic mass is 16.2. The molecular weight excluding hydrogens is 302 g/mol. The Bertz CT molecular complexity index is 606. The highest BCUT2D eigenvalue weighted by Gasteiger charge is 2.21. The Hall–Kier alpha value is -2.21. The first-order valence-corrected chi connectivity index (χ1v) is 8.69. The number of carbonyl (C=O) groups excluding carboxylic acids is 1. The molecule has 1 aliphatic heterocycles. The quantitative estimate of drug-likeness (QED) is 0.786. The fraction of sp³-hybridized carbons (Fsp3) is 0.500. The third-order valence-corrected chi connectivity index (χ3v) is 4.58. The zero-order valence-electron chi connectivity index (χ0n) is 14.0. The van der Waals surface area contributed by atoms with Gasteiger partial charge in [-0.1, -0.05) is 35.5 Å². The lowest BCUT2D eigenvalue weighted by Gasteiger charge is -2.31. The minimum Gasteiger partial charge on any atom is -0.355 e. The molecule has 1 N–H and O–H groups in total. The van der Waals surface area contributed by atoms with E-state index in [4.69, 9.17) is 0 Å². The number of nitrogens with one attached hydrogen (secondary N) is 1. The molecule has 0 spiro atoms. The zero-order chi connectivity index (χ0) is 16.6. The number of carbonyl (C=O) groups is 1. The Morgan fingerprint density at radius 1 is 1.21 bits per heavy atom. The van der Waals surface area contributed by atoms with Crippen molar-refractivity contribution < 1.29 is 4.79 Å². The van der Waals surface area contributed by atoms with Crippen LogP contribution in [0, 0.1) is 0 Å². The second-order valence-electron chi connectivity index (χ2n) is 6.33. The van der Waals surface area contributed by atoms with Crippen molar-refractivity contribution in [1.29, 1.82) is 0 Å². The molecule has 0 radical (unpaired) electrons. The molecule has 1 amide bonds. The second-order valence-corrected chi connectivity index (χ2v) is 6.33. The van der Waals surface area contributed by atoms with Gasteiger partial charge in [-0.25, -0.2) is 0 Å². The number of aromatic nitrogens is 3. The maximum Gasteiger partial charge on any atom is 0.234 e. The Kier molecular flexibility index (Phi) is 5.96. The molecule has 1 saturated heterocycles. The first kappa shape index (κ1) is 16.6. The molecule has 1 fully saturated rings.